The van der Waals surface area contributed by atoms with Gasteiger partial charge in [0.05, 0.1) is 10.0 Å². The summed E-state index contributed by atoms with van der Waals surface area (Å²) in [5.41, 5.74) is 2.56. The molecule has 146 valence electrons. The highest BCUT2D eigenvalue weighted by atomic mass is 35.5. The van der Waals surface area contributed by atoms with Gasteiger partial charge in [-0.15, -0.1) is 0 Å². The van der Waals surface area contributed by atoms with Crippen LogP contribution in [0.4, 0.5) is 0 Å². The second-order valence-corrected chi connectivity index (χ2v) is 7.81. The lowest BCUT2D eigenvalue weighted by Crippen LogP contribution is -2.13. The van der Waals surface area contributed by atoms with E-state index in [9.17, 15) is 9.59 Å². The van der Waals surface area contributed by atoms with E-state index in [-0.39, 0.29) is 12.4 Å². The molecule has 0 atom stereocenters. The third-order valence-corrected chi connectivity index (χ3v) is 5.75. The van der Waals surface area contributed by atoms with Gasteiger partial charge in [0, 0.05) is 11.6 Å². The van der Waals surface area contributed by atoms with Gasteiger partial charge >= 0.3 is 5.97 Å². The van der Waals surface area contributed by atoms with Crippen molar-refractivity contribution < 1.29 is 14.3 Å². The predicted molar refractivity (Wildman–Crippen MR) is 113 cm³/mol. The van der Waals surface area contributed by atoms with Gasteiger partial charge in [0.25, 0.3) is 0 Å². The molecule has 5 heteroatoms. The van der Waals surface area contributed by atoms with Crippen molar-refractivity contribution in [2.24, 2.45) is 0 Å². The van der Waals surface area contributed by atoms with Crippen LogP contribution in [0.1, 0.15) is 59.5 Å². The van der Waals surface area contributed by atoms with E-state index in [1.54, 1.807) is 24.3 Å². The normalized spacial score (nSPS) is 14.9. The van der Waals surface area contributed by atoms with E-state index in [1.165, 1.54) is 43.7 Å². The minimum Gasteiger partial charge on any atom is -0.454 e. The van der Waals surface area contributed by atoms with Crippen LogP contribution in [0, 0.1) is 0 Å². The first-order chi connectivity index (χ1) is 13.5. The lowest BCUT2D eigenvalue weighted by atomic mass is 9.84. The first-order valence-corrected chi connectivity index (χ1v) is 10.2. The van der Waals surface area contributed by atoms with Crippen molar-refractivity contribution in [2.75, 3.05) is 6.61 Å². The molecule has 3 rings (SSSR count). The van der Waals surface area contributed by atoms with Crippen LogP contribution in [-0.4, -0.2) is 18.4 Å². The molecule has 0 bridgehead atoms. The fourth-order valence-electron chi connectivity index (χ4n) is 3.43. The van der Waals surface area contributed by atoms with Crippen LogP contribution in [0.3, 0.4) is 0 Å². The number of benzene rings is 2. The first kappa shape index (κ1) is 20.6. The van der Waals surface area contributed by atoms with Gasteiger partial charge in [-0.1, -0.05) is 72.8 Å². The zero-order valence-corrected chi connectivity index (χ0v) is 17.0. The number of rotatable bonds is 6. The second kappa shape index (κ2) is 9.90. The zero-order valence-electron chi connectivity index (χ0n) is 15.5. The molecule has 1 fully saturated rings. The lowest BCUT2D eigenvalue weighted by molar-refractivity contribution is -0.136. The number of Topliss-reactive ketones (excluding diaryl/α,β-unsaturated/α-hetero) is 1. The van der Waals surface area contributed by atoms with Gasteiger partial charge in [0.1, 0.15) is 0 Å². The highest BCUT2D eigenvalue weighted by Crippen LogP contribution is 2.32. The number of carbonyl (C=O) groups excluding carboxylic acids is 2. The Labute approximate surface area is 175 Å². The van der Waals surface area contributed by atoms with Crippen molar-refractivity contribution in [3.8, 4) is 0 Å². The maximum Gasteiger partial charge on any atom is 0.331 e. The van der Waals surface area contributed by atoms with Crippen LogP contribution in [0.2, 0.25) is 10.0 Å². The summed E-state index contributed by atoms with van der Waals surface area (Å²) in [5, 5.41) is 0.852. The maximum atomic E-state index is 12.3. The van der Waals surface area contributed by atoms with Crippen molar-refractivity contribution >= 4 is 41.0 Å². The van der Waals surface area contributed by atoms with Crippen LogP contribution in [0.25, 0.3) is 6.08 Å². The van der Waals surface area contributed by atoms with Crippen molar-refractivity contribution in [3.63, 3.8) is 0 Å². The maximum absolute atomic E-state index is 12.3. The molecule has 0 unspecified atom stereocenters. The Balaban J connectivity index is 1.50. The van der Waals surface area contributed by atoms with Crippen LogP contribution < -0.4 is 0 Å². The van der Waals surface area contributed by atoms with E-state index in [2.05, 4.69) is 0 Å². The Bertz CT molecular complexity index is 866. The summed E-state index contributed by atoms with van der Waals surface area (Å²) in [4.78, 5) is 24.1. The number of carbonyl (C=O) groups is 2. The molecule has 2 aromatic rings. The largest absolute Gasteiger partial charge is 0.454 e. The summed E-state index contributed by atoms with van der Waals surface area (Å²) < 4.78 is 5.05. The zero-order chi connectivity index (χ0) is 19.9. The molecule has 3 nitrogen and oxygen atoms in total. The van der Waals surface area contributed by atoms with Crippen molar-refractivity contribution in [3.05, 3.63) is 75.3 Å². The van der Waals surface area contributed by atoms with Crippen LogP contribution in [0.5, 0.6) is 0 Å². The topological polar surface area (TPSA) is 43.4 Å². The van der Waals surface area contributed by atoms with Crippen LogP contribution in [0.15, 0.2) is 48.5 Å². The predicted octanol–water partition coefficient (Wildman–Crippen LogP) is 6.48. The van der Waals surface area contributed by atoms with E-state index in [0.29, 0.717) is 21.5 Å². The molecule has 1 aliphatic carbocycles. The van der Waals surface area contributed by atoms with Crippen molar-refractivity contribution in [2.45, 2.75) is 38.0 Å². The molecule has 0 heterocycles. The number of ketones is 1. The van der Waals surface area contributed by atoms with Gasteiger partial charge in [0.15, 0.2) is 12.4 Å². The first-order valence-electron chi connectivity index (χ1n) is 9.46. The Hall–Kier alpha value is -2.10. The number of halogens is 2. The summed E-state index contributed by atoms with van der Waals surface area (Å²) in [6, 6.07) is 12.7. The van der Waals surface area contributed by atoms with Crippen LogP contribution >= 0.6 is 23.2 Å². The fraction of sp³-hybridized carbons (Fsp3) is 0.304. The SMILES string of the molecule is O=C(C=Cc1ccc(Cl)c(Cl)c1)OCC(=O)c1ccc(C2CCCCC2)cc1. The molecule has 0 aliphatic heterocycles. The molecule has 2 aromatic carbocycles. The molecule has 1 saturated carbocycles. The molecule has 0 aromatic heterocycles. The fourth-order valence-corrected chi connectivity index (χ4v) is 3.73. The summed E-state index contributed by atoms with van der Waals surface area (Å²) in [5.74, 6) is -0.202. The highest BCUT2D eigenvalue weighted by Gasteiger charge is 2.16. The minimum atomic E-state index is -0.585. The number of hydrogen-bond acceptors (Lipinski definition) is 3. The highest BCUT2D eigenvalue weighted by molar-refractivity contribution is 6.42. The standard InChI is InChI=1S/C23H22Cl2O3/c24-20-12-6-16(14-21(20)25)7-13-23(27)28-15-22(26)19-10-8-18(9-11-19)17-4-2-1-3-5-17/h6-14,17H,1-5,15H2. The summed E-state index contributed by atoms with van der Waals surface area (Å²) in [6.45, 7) is -0.284. The summed E-state index contributed by atoms with van der Waals surface area (Å²) >= 11 is 11.8. The minimum absolute atomic E-state index is 0.216. The Kier molecular flexibility index (Phi) is 7.30. The Morgan fingerprint density at radius 2 is 1.68 bits per heavy atom. The quantitative estimate of drug-likeness (QED) is 0.307. The van der Waals surface area contributed by atoms with E-state index in [1.807, 2.05) is 24.3 Å². The lowest BCUT2D eigenvalue weighted by Gasteiger charge is -2.22. The van der Waals surface area contributed by atoms with E-state index >= 15 is 0 Å². The average Bonchev–Trinajstić information content (AvgIpc) is 2.73. The molecule has 28 heavy (non-hydrogen) atoms. The Morgan fingerprint density at radius 3 is 2.36 bits per heavy atom. The smallest absolute Gasteiger partial charge is 0.331 e. The average molecular weight is 417 g/mol. The number of ether oxygens (including phenoxy) is 1. The monoisotopic (exact) mass is 416 g/mol. The Morgan fingerprint density at radius 1 is 0.964 bits per heavy atom. The number of hydrogen-bond donors (Lipinski definition) is 0. The molecule has 0 N–H and O–H groups in total. The third kappa shape index (κ3) is 5.70. The molecule has 1 aliphatic rings. The van der Waals surface area contributed by atoms with Gasteiger partial charge in [-0.05, 0) is 48.1 Å². The van der Waals surface area contributed by atoms with Gasteiger partial charge in [-0.2, -0.15) is 0 Å². The van der Waals surface area contributed by atoms with Crippen molar-refractivity contribution in [1.82, 2.24) is 0 Å². The molecule has 0 saturated heterocycles. The molecule has 0 spiro atoms. The van der Waals surface area contributed by atoms with E-state index < -0.39 is 5.97 Å². The van der Waals surface area contributed by atoms with Crippen LogP contribution in [-0.2, 0) is 9.53 Å². The van der Waals surface area contributed by atoms with Gasteiger partial charge in [-0.25, -0.2) is 4.79 Å². The molecule has 0 radical (unpaired) electrons. The second-order valence-electron chi connectivity index (χ2n) is 6.99. The van der Waals surface area contributed by atoms with Gasteiger partial charge in [-0.3, -0.25) is 4.79 Å². The van der Waals surface area contributed by atoms with Gasteiger partial charge < -0.3 is 4.74 Å². The molecule has 0 amide bonds. The third-order valence-electron chi connectivity index (χ3n) is 5.01. The van der Waals surface area contributed by atoms with E-state index in [4.69, 9.17) is 27.9 Å². The number of esters is 1. The molecular weight excluding hydrogens is 395 g/mol. The van der Waals surface area contributed by atoms with Gasteiger partial charge in [0.2, 0.25) is 0 Å². The molecular formula is C23H22Cl2O3. The van der Waals surface area contributed by atoms with Crippen molar-refractivity contribution in [1.29, 1.82) is 0 Å². The summed E-state index contributed by atoms with van der Waals surface area (Å²) in [7, 11) is 0. The van der Waals surface area contributed by atoms with E-state index in [0.717, 1.165) is 5.56 Å². The summed E-state index contributed by atoms with van der Waals surface area (Å²) in [6.07, 6.45) is 9.13.